The molecule has 0 saturated heterocycles. The summed E-state index contributed by atoms with van der Waals surface area (Å²) in [5.41, 5.74) is 3.49. The number of aryl methyl sites for hydroxylation is 1. The molecule has 1 unspecified atom stereocenters. The highest BCUT2D eigenvalue weighted by Gasteiger charge is 2.24. The van der Waals surface area contributed by atoms with Gasteiger partial charge >= 0.3 is 0 Å². The topological polar surface area (TPSA) is 71.2 Å². The second-order valence-corrected chi connectivity index (χ2v) is 7.75. The van der Waals surface area contributed by atoms with Gasteiger partial charge in [-0.15, -0.1) is 0 Å². The van der Waals surface area contributed by atoms with Gasteiger partial charge in [0.05, 0.1) is 13.0 Å². The molecule has 1 amide bonds. The Morgan fingerprint density at radius 2 is 1.83 bits per heavy atom. The van der Waals surface area contributed by atoms with Crippen LogP contribution in [0.15, 0.2) is 53.3 Å². The lowest BCUT2D eigenvalue weighted by Crippen LogP contribution is -2.34. The van der Waals surface area contributed by atoms with E-state index in [1.165, 1.54) is 0 Å². The molecule has 3 rings (SSSR count). The minimum absolute atomic E-state index is 0.0294. The molecule has 0 aliphatic rings. The van der Waals surface area contributed by atoms with Crippen molar-refractivity contribution in [2.45, 2.75) is 33.1 Å². The van der Waals surface area contributed by atoms with Crippen LogP contribution in [0, 0.1) is 12.8 Å². The van der Waals surface area contributed by atoms with Crippen LogP contribution in [0.3, 0.4) is 0 Å². The number of pyridine rings is 1. The fourth-order valence-electron chi connectivity index (χ4n) is 3.64. The molecule has 0 aliphatic heterocycles. The van der Waals surface area contributed by atoms with Crippen LogP contribution in [0.4, 0.5) is 0 Å². The van der Waals surface area contributed by atoms with E-state index >= 15 is 0 Å². The number of rotatable bonds is 7. The zero-order chi connectivity index (χ0) is 21.0. The molecule has 152 valence electrons. The number of hydrogen-bond donors (Lipinski definition) is 2. The van der Waals surface area contributed by atoms with Crippen molar-refractivity contribution < 1.29 is 9.53 Å². The highest BCUT2D eigenvalue weighted by Crippen LogP contribution is 2.26. The van der Waals surface area contributed by atoms with Crippen LogP contribution in [-0.4, -0.2) is 24.5 Å². The van der Waals surface area contributed by atoms with Crippen molar-refractivity contribution >= 4 is 16.8 Å². The van der Waals surface area contributed by atoms with E-state index in [1.54, 1.807) is 7.11 Å². The first-order chi connectivity index (χ1) is 13.9. The standard InChI is InChI=1S/C24H28N2O3/c1-15(2)22(17-6-8-20(29-4)9-7-17)24(28)25-12-11-18-14-19-13-16(3)5-10-21(19)26-23(18)27/h5-10,13-15,22H,11-12H2,1-4H3,(H,25,28)(H,26,27). The van der Waals surface area contributed by atoms with Gasteiger partial charge in [-0.3, -0.25) is 9.59 Å². The van der Waals surface area contributed by atoms with E-state index in [0.29, 0.717) is 18.5 Å². The van der Waals surface area contributed by atoms with Crippen molar-refractivity contribution in [3.05, 3.63) is 75.6 Å². The number of methoxy groups -OCH3 is 1. The SMILES string of the molecule is COc1ccc(C(C(=O)NCCc2cc3cc(C)ccc3[nH]c2=O)C(C)C)cc1. The van der Waals surface area contributed by atoms with E-state index < -0.39 is 0 Å². The number of aromatic amines is 1. The predicted octanol–water partition coefficient (Wildman–Crippen LogP) is 3.94. The van der Waals surface area contributed by atoms with Crippen molar-refractivity contribution in [3.63, 3.8) is 0 Å². The summed E-state index contributed by atoms with van der Waals surface area (Å²) in [7, 11) is 1.62. The average Bonchev–Trinajstić information content (AvgIpc) is 2.69. The van der Waals surface area contributed by atoms with E-state index in [0.717, 1.165) is 27.8 Å². The molecule has 0 radical (unpaired) electrons. The van der Waals surface area contributed by atoms with Crippen LogP contribution in [0.5, 0.6) is 5.75 Å². The molecule has 29 heavy (non-hydrogen) atoms. The first kappa shape index (κ1) is 20.6. The van der Waals surface area contributed by atoms with Gasteiger partial charge in [-0.25, -0.2) is 0 Å². The molecule has 5 heteroatoms. The molecule has 0 fully saturated rings. The molecule has 3 aromatic rings. The van der Waals surface area contributed by atoms with Crippen molar-refractivity contribution in [2.75, 3.05) is 13.7 Å². The summed E-state index contributed by atoms with van der Waals surface area (Å²) in [6.45, 7) is 6.50. The maximum Gasteiger partial charge on any atom is 0.251 e. The quantitative estimate of drug-likeness (QED) is 0.640. The van der Waals surface area contributed by atoms with Gasteiger partial charge < -0.3 is 15.0 Å². The van der Waals surface area contributed by atoms with Crippen LogP contribution < -0.4 is 15.6 Å². The third-order valence-electron chi connectivity index (χ3n) is 5.19. The summed E-state index contributed by atoms with van der Waals surface area (Å²) in [5.74, 6) is 0.634. The Morgan fingerprint density at radius 3 is 2.48 bits per heavy atom. The lowest BCUT2D eigenvalue weighted by atomic mass is 9.87. The van der Waals surface area contributed by atoms with Gasteiger partial charge in [-0.1, -0.05) is 37.6 Å². The van der Waals surface area contributed by atoms with Crippen LogP contribution in [-0.2, 0) is 11.2 Å². The Kier molecular flexibility index (Phi) is 6.37. The number of carbonyl (C=O) groups is 1. The van der Waals surface area contributed by atoms with Crippen LogP contribution in [0.2, 0.25) is 0 Å². The van der Waals surface area contributed by atoms with Crippen LogP contribution >= 0.6 is 0 Å². The van der Waals surface area contributed by atoms with Gasteiger partial charge in [0.25, 0.3) is 5.56 Å². The first-order valence-corrected chi connectivity index (χ1v) is 9.93. The van der Waals surface area contributed by atoms with Gasteiger partial charge in [-0.2, -0.15) is 0 Å². The largest absolute Gasteiger partial charge is 0.497 e. The molecule has 0 aliphatic carbocycles. The summed E-state index contributed by atoms with van der Waals surface area (Å²) in [6, 6.07) is 15.5. The van der Waals surface area contributed by atoms with Gasteiger partial charge in [0.2, 0.25) is 5.91 Å². The molecule has 2 N–H and O–H groups in total. The predicted molar refractivity (Wildman–Crippen MR) is 117 cm³/mol. The van der Waals surface area contributed by atoms with Gasteiger partial charge in [-0.05, 0) is 60.5 Å². The molecular formula is C24H28N2O3. The Bertz CT molecular complexity index is 1050. The maximum absolute atomic E-state index is 12.8. The third kappa shape index (κ3) is 4.86. The minimum atomic E-state index is -0.251. The van der Waals surface area contributed by atoms with E-state index in [4.69, 9.17) is 4.74 Å². The highest BCUT2D eigenvalue weighted by molar-refractivity contribution is 5.84. The maximum atomic E-state index is 12.8. The number of H-pyrrole nitrogens is 1. The fraction of sp³-hybridized carbons (Fsp3) is 0.333. The Labute approximate surface area is 171 Å². The number of carbonyl (C=O) groups excluding carboxylic acids is 1. The molecule has 1 atom stereocenters. The normalized spacial score (nSPS) is 12.2. The van der Waals surface area contributed by atoms with Crippen LogP contribution in [0.25, 0.3) is 10.9 Å². The van der Waals surface area contributed by atoms with Gasteiger partial charge in [0, 0.05) is 17.6 Å². The van der Waals surface area contributed by atoms with E-state index in [2.05, 4.69) is 10.3 Å². The summed E-state index contributed by atoms with van der Waals surface area (Å²) in [4.78, 5) is 28.1. The number of fused-ring (bicyclic) bond motifs is 1. The number of hydrogen-bond acceptors (Lipinski definition) is 3. The van der Waals surface area contributed by atoms with Crippen molar-refractivity contribution in [1.29, 1.82) is 0 Å². The van der Waals surface area contributed by atoms with E-state index in [-0.39, 0.29) is 23.3 Å². The second kappa shape index (κ2) is 8.95. The number of nitrogens with one attached hydrogen (secondary N) is 2. The number of benzene rings is 2. The molecule has 1 heterocycles. The third-order valence-corrected chi connectivity index (χ3v) is 5.19. The Balaban J connectivity index is 1.69. The van der Waals surface area contributed by atoms with Crippen molar-refractivity contribution in [1.82, 2.24) is 10.3 Å². The van der Waals surface area contributed by atoms with Crippen LogP contribution in [0.1, 0.15) is 36.5 Å². The Hall–Kier alpha value is -3.08. The summed E-state index contributed by atoms with van der Waals surface area (Å²) >= 11 is 0. The first-order valence-electron chi connectivity index (χ1n) is 9.93. The molecule has 2 aromatic carbocycles. The average molecular weight is 392 g/mol. The summed E-state index contributed by atoms with van der Waals surface area (Å²) < 4.78 is 5.20. The van der Waals surface area contributed by atoms with Crippen molar-refractivity contribution in [2.24, 2.45) is 5.92 Å². The van der Waals surface area contributed by atoms with Crippen molar-refractivity contribution in [3.8, 4) is 5.75 Å². The van der Waals surface area contributed by atoms with Gasteiger partial charge in [0.1, 0.15) is 5.75 Å². The highest BCUT2D eigenvalue weighted by atomic mass is 16.5. The zero-order valence-corrected chi connectivity index (χ0v) is 17.4. The monoisotopic (exact) mass is 392 g/mol. The fourth-order valence-corrected chi connectivity index (χ4v) is 3.64. The smallest absolute Gasteiger partial charge is 0.251 e. The minimum Gasteiger partial charge on any atom is -0.497 e. The molecule has 1 aromatic heterocycles. The molecule has 0 saturated carbocycles. The van der Waals surface area contributed by atoms with Gasteiger partial charge in [0.15, 0.2) is 0 Å². The molecule has 5 nitrogen and oxygen atoms in total. The zero-order valence-electron chi connectivity index (χ0n) is 17.4. The summed E-state index contributed by atoms with van der Waals surface area (Å²) in [5, 5.41) is 4.01. The molecular weight excluding hydrogens is 364 g/mol. The summed E-state index contributed by atoms with van der Waals surface area (Å²) in [6.07, 6.45) is 0.485. The second-order valence-electron chi connectivity index (χ2n) is 7.75. The number of ether oxygens (including phenoxy) is 1. The lowest BCUT2D eigenvalue weighted by Gasteiger charge is -2.21. The molecule has 0 bridgehead atoms. The lowest BCUT2D eigenvalue weighted by molar-refractivity contribution is -0.123. The molecule has 0 spiro atoms. The number of aromatic nitrogens is 1. The number of amides is 1. The van der Waals surface area contributed by atoms with E-state index in [9.17, 15) is 9.59 Å². The Morgan fingerprint density at radius 1 is 1.10 bits per heavy atom. The van der Waals surface area contributed by atoms with E-state index in [1.807, 2.05) is 69.3 Å².